The van der Waals surface area contributed by atoms with Crippen molar-refractivity contribution in [2.45, 2.75) is 47.1 Å². The van der Waals surface area contributed by atoms with E-state index < -0.39 is 0 Å². The predicted octanol–water partition coefficient (Wildman–Crippen LogP) is 4.36. The van der Waals surface area contributed by atoms with Gasteiger partial charge in [0, 0.05) is 23.0 Å². The third kappa shape index (κ3) is 4.18. The molecule has 0 amide bonds. The molecule has 2 rings (SSSR count). The highest BCUT2D eigenvalue weighted by Gasteiger charge is 2.12. The van der Waals surface area contributed by atoms with Crippen LogP contribution in [0.5, 0.6) is 0 Å². The van der Waals surface area contributed by atoms with Crippen molar-refractivity contribution >= 4 is 17.5 Å². The lowest BCUT2D eigenvalue weighted by Gasteiger charge is -2.22. The van der Waals surface area contributed by atoms with Gasteiger partial charge in [0.1, 0.15) is 5.82 Å². The van der Waals surface area contributed by atoms with Gasteiger partial charge in [0.15, 0.2) is 0 Å². The number of benzene rings is 1. The van der Waals surface area contributed by atoms with Crippen molar-refractivity contribution < 1.29 is 0 Å². The van der Waals surface area contributed by atoms with E-state index in [0.29, 0.717) is 5.95 Å². The third-order valence-corrected chi connectivity index (χ3v) is 3.21. The van der Waals surface area contributed by atoms with E-state index in [4.69, 9.17) is 0 Å². The molecule has 2 N–H and O–H groups in total. The number of aryl methyl sites for hydroxylation is 2. The summed E-state index contributed by atoms with van der Waals surface area (Å²) in [5.41, 5.74) is 4.41. The van der Waals surface area contributed by atoms with Crippen LogP contribution in [0.25, 0.3) is 0 Å². The number of hydrogen-bond acceptors (Lipinski definition) is 4. The fraction of sp³-hybridized carbons (Fsp3) is 0.412. The molecule has 0 radical (unpaired) electrons. The maximum Gasteiger partial charge on any atom is 0.229 e. The summed E-state index contributed by atoms with van der Waals surface area (Å²) in [4.78, 5) is 9.02. The first-order chi connectivity index (χ1) is 9.74. The molecule has 1 aromatic carbocycles. The Labute approximate surface area is 127 Å². The molecule has 1 heterocycles. The molecule has 0 saturated heterocycles. The Hall–Kier alpha value is -2.10. The van der Waals surface area contributed by atoms with Crippen LogP contribution in [0.3, 0.4) is 0 Å². The van der Waals surface area contributed by atoms with Crippen LogP contribution in [0.2, 0.25) is 0 Å². The largest absolute Gasteiger partial charge is 0.365 e. The maximum atomic E-state index is 4.55. The fourth-order valence-corrected chi connectivity index (χ4v) is 2.08. The Bertz CT molecular complexity index is 642. The van der Waals surface area contributed by atoms with Gasteiger partial charge in [0.2, 0.25) is 5.95 Å². The standard InChI is InChI=1S/C17H24N4/c1-11-8-7-9-14(13(11)3)19-16-18-12(2)10-15(20-16)21-17(4,5)6/h7-10H,1-6H3,(H2,18,19,20,21). The molecule has 0 spiro atoms. The summed E-state index contributed by atoms with van der Waals surface area (Å²) >= 11 is 0. The number of nitrogens with zero attached hydrogens (tertiary/aromatic N) is 2. The topological polar surface area (TPSA) is 49.8 Å². The second-order valence-electron chi connectivity index (χ2n) is 6.47. The van der Waals surface area contributed by atoms with Gasteiger partial charge in [-0.15, -0.1) is 0 Å². The molecule has 112 valence electrons. The summed E-state index contributed by atoms with van der Waals surface area (Å²) in [6.45, 7) is 12.5. The molecule has 21 heavy (non-hydrogen) atoms. The van der Waals surface area contributed by atoms with E-state index in [-0.39, 0.29) is 5.54 Å². The van der Waals surface area contributed by atoms with E-state index in [1.165, 1.54) is 11.1 Å². The second-order valence-corrected chi connectivity index (χ2v) is 6.47. The van der Waals surface area contributed by atoms with E-state index >= 15 is 0 Å². The molecule has 0 aliphatic rings. The molecule has 0 bridgehead atoms. The Morgan fingerprint density at radius 1 is 1.00 bits per heavy atom. The van der Waals surface area contributed by atoms with E-state index in [1.807, 2.05) is 25.1 Å². The van der Waals surface area contributed by atoms with Crippen LogP contribution in [0, 0.1) is 20.8 Å². The number of nitrogens with one attached hydrogen (secondary N) is 2. The van der Waals surface area contributed by atoms with E-state index in [0.717, 1.165) is 17.2 Å². The van der Waals surface area contributed by atoms with Gasteiger partial charge in [-0.25, -0.2) is 4.98 Å². The van der Waals surface area contributed by atoms with Gasteiger partial charge in [-0.05, 0) is 58.7 Å². The molecule has 4 heteroatoms. The third-order valence-electron chi connectivity index (χ3n) is 3.21. The zero-order valence-corrected chi connectivity index (χ0v) is 13.7. The molecule has 2 aromatic rings. The van der Waals surface area contributed by atoms with E-state index in [9.17, 15) is 0 Å². The van der Waals surface area contributed by atoms with E-state index in [2.05, 4.69) is 61.3 Å². The fourth-order valence-electron chi connectivity index (χ4n) is 2.08. The summed E-state index contributed by atoms with van der Waals surface area (Å²) in [7, 11) is 0. The Morgan fingerprint density at radius 2 is 1.71 bits per heavy atom. The summed E-state index contributed by atoms with van der Waals surface area (Å²) in [6, 6.07) is 8.14. The van der Waals surface area contributed by atoms with Crippen molar-refractivity contribution in [3.05, 3.63) is 41.1 Å². The van der Waals surface area contributed by atoms with Crippen molar-refractivity contribution in [2.24, 2.45) is 0 Å². The summed E-state index contributed by atoms with van der Waals surface area (Å²) in [5.74, 6) is 1.46. The van der Waals surface area contributed by atoms with Gasteiger partial charge in [-0.3, -0.25) is 0 Å². The van der Waals surface area contributed by atoms with Crippen molar-refractivity contribution in [3.8, 4) is 0 Å². The molecular weight excluding hydrogens is 260 g/mol. The minimum absolute atomic E-state index is 0.0304. The monoisotopic (exact) mass is 284 g/mol. The van der Waals surface area contributed by atoms with Crippen LogP contribution in [0.4, 0.5) is 17.5 Å². The molecule has 0 unspecified atom stereocenters. The van der Waals surface area contributed by atoms with Crippen molar-refractivity contribution in [1.29, 1.82) is 0 Å². The average molecular weight is 284 g/mol. The van der Waals surface area contributed by atoms with Crippen molar-refractivity contribution in [1.82, 2.24) is 9.97 Å². The van der Waals surface area contributed by atoms with Crippen LogP contribution < -0.4 is 10.6 Å². The van der Waals surface area contributed by atoms with Crippen LogP contribution in [-0.2, 0) is 0 Å². The van der Waals surface area contributed by atoms with Gasteiger partial charge >= 0.3 is 0 Å². The van der Waals surface area contributed by atoms with Crippen LogP contribution in [-0.4, -0.2) is 15.5 Å². The molecule has 0 aliphatic heterocycles. The highest BCUT2D eigenvalue weighted by Crippen LogP contribution is 2.22. The second kappa shape index (κ2) is 5.72. The summed E-state index contributed by atoms with van der Waals surface area (Å²) in [5, 5.41) is 6.70. The lowest BCUT2D eigenvalue weighted by molar-refractivity contribution is 0.630. The number of anilines is 3. The zero-order chi connectivity index (χ0) is 15.6. The quantitative estimate of drug-likeness (QED) is 0.879. The number of aromatic nitrogens is 2. The SMILES string of the molecule is Cc1cc(NC(C)(C)C)nc(Nc2cccc(C)c2C)n1. The van der Waals surface area contributed by atoms with E-state index in [1.54, 1.807) is 0 Å². The van der Waals surface area contributed by atoms with Crippen LogP contribution in [0.1, 0.15) is 37.6 Å². The molecule has 0 fully saturated rings. The summed E-state index contributed by atoms with van der Waals surface area (Å²) in [6.07, 6.45) is 0. The van der Waals surface area contributed by atoms with Gasteiger partial charge in [-0.1, -0.05) is 12.1 Å². The highest BCUT2D eigenvalue weighted by molar-refractivity contribution is 5.61. The van der Waals surface area contributed by atoms with Crippen molar-refractivity contribution in [2.75, 3.05) is 10.6 Å². The van der Waals surface area contributed by atoms with Crippen LogP contribution >= 0.6 is 0 Å². The first kappa shape index (κ1) is 15.3. The van der Waals surface area contributed by atoms with Gasteiger partial charge < -0.3 is 10.6 Å². The molecule has 0 saturated carbocycles. The minimum atomic E-state index is -0.0304. The number of hydrogen-bond donors (Lipinski definition) is 2. The lowest BCUT2D eigenvalue weighted by atomic mass is 10.1. The van der Waals surface area contributed by atoms with Gasteiger partial charge in [0.25, 0.3) is 0 Å². The first-order valence-corrected chi connectivity index (χ1v) is 7.22. The first-order valence-electron chi connectivity index (χ1n) is 7.22. The predicted molar refractivity (Wildman–Crippen MR) is 89.3 cm³/mol. The molecule has 0 atom stereocenters. The maximum absolute atomic E-state index is 4.55. The molecule has 1 aromatic heterocycles. The van der Waals surface area contributed by atoms with Gasteiger partial charge in [0.05, 0.1) is 0 Å². The Balaban J connectivity index is 2.30. The average Bonchev–Trinajstić information content (AvgIpc) is 2.32. The zero-order valence-electron chi connectivity index (χ0n) is 13.7. The molecular formula is C17H24N4. The number of rotatable bonds is 3. The smallest absolute Gasteiger partial charge is 0.229 e. The molecule has 4 nitrogen and oxygen atoms in total. The lowest BCUT2D eigenvalue weighted by Crippen LogP contribution is -2.27. The Kier molecular flexibility index (Phi) is 4.16. The van der Waals surface area contributed by atoms with Crippen LogP contribution in [0.15, 0.2) is 24.3 Å². The molecule has 0 aliphatic carbocycles. The normalized spacial score (nSPS) is 11.3. The van der Waals surface area contributed by atoms with Crippen molar-refractivity contribution in [3.63, 3.8) is 0 Å². The Morgan fingerprint density at radius 3 is 2.38 bits per heavy atom. The minimum Gasteiger partial charge on any atom is -0.365 e. The van der Waals surface area contributed by atoms with Gasteiger partial charge in [-0.2, -0.15) is 4.98 Å². The summed E-state index contributed by atoms with van der Waals surface area (Å²) < 4.78 is 0. The highest BCUT2D eigenvalue weighted by atomic mass is 15.2.